The van der Waals surface area contributed by atoms with Crippen molar-refractivity contribution in [3.8, 4) is 5.75 Å². The molecule has 3 aromatic rings. The van der Waals surface area contributed by atoms with Crippen LogP contribution in [0, 0.1) is 5.92 Å². The van der Waals surface area contributed by atoms with Crippen LogP contribution in [0.15, 0.2) is 72.8 Å². The number of hydrogen-bond donors (Lipinski definition) is 0. The van der Waals surface area contributed by atoms with Gasteiger partial charge in [-0.3, -0.25) is 14.4 Å². The van der Waals surface area contributed by atoms with Crippen LogP contribution in [0.2, 0.25) is 5.02 Å². The van der Waals surface area contributed by atoms with Crippen LogP contribution in [0.5, 0.6) is 5.75 Å². The van der Waals surface area contributed by atoms with Crippen molar-refractivity contribution < 1.29 is 19.2 Å². The number of rotatable bonds is 5. The number of halogens is 1. The summed E-state index contributed by atoms with van der Waals surface area (Å²) in [6.45, 7) is 0. The van der Waals surface area contributed by atoms with Crippen LogP contribution in [0.4, 0.5) is 17.1 Å². The molecule has 5 rings (SSSR count). The molecule has 2 aliphatic rings. The van der Waals surface area contributed by atoms with Crippen LogP contribution in [-0.4, -0.2) is 39.1 Å². The highest BCUT2D eigenvalue weighted by Crippen LogP contribution is 2.48. The minimum Gasteiger partial charge on any atom is -0.497 e. The van der Waals surface area contributed by atoms with Gasteiger partial charge < -0.3 is 9.64 Å². The van der Waals surface area contributed by atoms with Gasteiger partial charge in [-0.25, -0.2) is 9.96 Å². The molecule has 2 saturated heterocycles. The highest BCUT2D eigenvalue weighted by atomic mass is 35.5. The fourth-order valence-electron chi connectivity index (χ4n) is 4.52. The average molecular weight is 478 g/mol. The standard InChI is InChI=1S/C26H24ClN3O4/c1-28(2)18-8-4-16(5-9-18)23-22-24(34-30(23)20-10-6-17(27)7-11-20)26(32)29(25(22)31)19-12-14-21(33-3)15-13-19/h4-15,22-24H,1-3H3/t22-,23+,24+/m1/s1. The number of hydrogen-bond acceptors (Lipinski definition) is 6. The molecule has 7 nitrogen and oxygen atoms in total. The third-order valence-corrected chi connectivity index (χ3v) is 6.53. The van der Waals surface area contributed by atoms with Gasteiger partial charge in [-0.1, -0.05) is 23.7 Å². The maximum Gasteiger partial charge on any atom is 0.266 e. The van der Waals surface area contributed by atoms with Crippen molar-refractivity contribution in [1.82, 2.24) is 0 Å². The predicted molar refractivity (Wildman–Crippen MR) is 131 cm³/mol. The number of benzene rings is 3. The maximum absolute atomic E-state index is 13.7. The monoisotopic (exact) mass is 477 g/mol. The van der Waals surface area contributed by atoms with E-state index in [0.717, 1.165) is 16.9 Å². The zero-order chi connectivity index (χ0) is 24.0. The summed E-state index contributed by atoms with van der Waals surface area (Å²) < 4.78 is 5.20. The van der Waals surface area contributed by atoms with E-state index in [0.29, 0.717) is 16.5 Å². The molecular weight excluding hydrogens is 454 g/mol. The van der Waals surface area contributed by atoms with E-state index in [-0.39, 0.29) is 11.8 Å². The Kier molecular flexibility index (Phi) is 5.67. The minimum atomic E-state index is -0.927. The molecule has 0 radical (unpaired) electrons. The largest absolute Gasteiger partial charge is 0.497 e. The van der Waals surface area contributed by atoms with E-state index in [1.807, 2.05) is 55.4 Å². The normalized spacial score (nSPS) is 21.7. The zero-order valence-electron chi connectivity index (χ0n) is 19.0. The summed E-state index contributed by atoms with van der Waals surface area (Å²) in [6.07, 6.45) is -0.927. The van der Waals surface area contributed by atoms with Crippen molar-refractivity contribution in [2.75, 3.05) is 36.1 Å². The Labute approximate surface area is 203 Å². The summed E-state index contributed by atoms with van der Waals surface area (Å²) in [5, 5.41) is 2.25. The molecule has 2 fully saturated rings. The second kappa shape index (κ2) is 8.66. The third kappa shape index (κ3) is 3.67. The van der Waals surface area contributed by atoms with Crippen molar-refractivity contribution in [1.29, 1.82) is 0 Å². The van der Waals surface area contributed by atoms with E-state index < -0.39 is 18.1 Å². The van der Waals surface area contributed by atoms with E-state index >= 15 is 0 Å². The van der Waals surface area contributed by atoms with E-state index in [1.165, 1.54) is 4.90 Å². The third-order valence-electron chi connectivity index (χ3n) is 6.28. The number of ether oxygens (including phenoxy) is 1. The van der Waals surface area contributed by atoms with Crippen molar-refractivity contribution in [3.63, 3.8) is 0 Å². The Balaban J connectivity index is 1.55. The fraction of sp³-hybridized carbons (Fsp3) is 0.231. The number of amides is 2. The average Bonchev–Trinajstić information content (AvgIpc) is 3.35. The molecule has 3 atom stereocenters. The lowest BCUT2D eigenvalue weighted by Crippen LogP contribution is -2.37. The van der Waals surface area contributed by atoms with Crippen LogP contribution >= 0.6 is 11.6 Å². The highest BCUT2D eigenvalue weighted by molar-refractivity contribution is 6.30. The minimum absolute atomic E-state index is 0.293. The number of carbonyl (C=O) groups is 2. The number of fused-ring (bicyclic) bond motifs is 1. The van der Waals surface area contributed by atoms with Gasteiger partial charge in [0.25, 0.3) is 5.91 Å². The predicted octanol–water partition coefficient (Wildman–Crippen LogP) is 4.47. The van der Waals surface area contributed by atoms with Crippen LogP contribution in [0.25, 0.3) is 0 Å². The molecule has 2 amide bonds. The van der Waals surface area contributed by atoms with Crippen LogP contribution < -0.4 is 19.6 Å². The van der Waals surface area contributed by atoms with E-state index in [9.17, 15) is 9.59 Å². The van der Waals surface area contributed by atoms with Gasteiger partial charge >= 0.3 is 0 Å². The molecule has 0 bridgehead atoms. The smallest absolute Gasteiger partial charge is 0.266 e. The Morgan fingerprint density at radius 3 is 2.06 bits per heavy atom. The molecule has 2 heterocycles. The fourth-order valence-corrected chi connectivity index (χ4v) is 4.65. The quantitative estimate of drug-likeness (QED) is 0.505. The van der Waals surface area contributed by atoms with Crippen molar-refractivity contribution in [2.45, 2.75) is 12.1 Å². The lowest BCUT2D eigenvalue weighted by Gasteiger charge is -2.29. The lowest BCUT2D eigenvalue weighted by molar-refractivity contribution is -0.126. The first-order chi connectivity index (χ1) is 16.4. The summed E-state index contributed by atoms with van der Waals surface area (Å²) in [5.74, 6) is -0.729. The molecule has 0 saturated carbocycles. The molecule has 0 spiro atoms. The van der Waals surface area contributed by atoms with Gasteiger partial charge in [-0.2, -0.15) is 0 Å². The number of methoxy groups -OCH3 is 1. The molecule has 0 unspecified atom stereocenters. The topological polar surface area (TPSA) is 62.3 Å². The summed E-state index contributed by atoms with van der Waals surface area (Å²) in [6, 6.07) is 21.5. The first-order valence-corrected chi connectivity index (χ1v) is 11.3. The Morgan fingerprint density at radius 1 is 0.853 bits per heavy atom. The zero-order valence-corrected chi connectivity index (χ0v) is 19.8. The van der Waals surface area contributed by atoms with Gasteiger partial charge in [0, 0.05) is 24.8 Å². The molecule has 0 N–H and O–H groups in total. The molecule has 8 heteroatoms. The molecular formula is C26H24ClN3O4. The maximum atomic E-state index is 13.7. The van der Waals surface area contributed by atoms with Gasteiger partial charge in [0.15, 0.2) is 6.10 Å². The number of carbonyl (C=O) groups excluding carboxylic acids is 2. The van der Waals surface area contributed by atoms with E-state index in [1.54, 1.807) is 48.6 Å². The lowest BCUT2D eigenvalue weighted by atomic mass is 9.90. The van der Waals surface area contributed by atoms with Crippen LogP contribution in [0.3, 0.4) is 0 Å². The first kappa shape index (κ1) is 22.3. The number of hydroxylamine groups is 1. The van der Waals surface area contributed by atoms with Crippen molar-refractivity contribution in [2.24, 2.45) is 5.92 Å². The Morgan fingerprint density at radius 2 is 1.47 bits per heavy atom. The molecule has 34 heavy (non-hydrogen) atoms. The molecule has 174 valence electrons. The number of imide groups is 1. The second-order valence-corrected chi connectivity index (χ2v) is 8.93. The molecule has 0 aromatic heterocycles. The van der Waals surface area contributed by atoms with Gasteiger partial charge in [0.1, 0.15) is 11.7 Å². The number of anilines is 3. The number of nitrogens with zero attached hydrogens (tertiary/aromatic N) is 3. The summed E-state index contributed by atoms with van der Waals surface area (Å²) in [7, 11) is 5.50. The molecule has 2 aliphatic heterocycles. The van der Waals surface area contributed by atoms with E-state index in [2.05, 4.69) is 0 Å². The van der Waals surface area contributed by atoms with Gasteiger partial charge in [-0.15, -0.1) is 0 Å². The van der Waals surface area contributed by atoms with Crippen molar-refractivity contribution >= 4 is 40.5 Å². The molecule has 3 aromatic carbocycles. The van der Waals surface area contributed by atoms with Gasteiger partial charge in [0.05, 0.1) is 24.5 Å². The summed E-state index contributed by atoms with van der Waals surface area (Å²) in [4.78, 5) is 36.5. The van der Waals surface area contributed by atoms with Crippen molar-refractivity contribution in [3.05, 3.63) is 83.4 Å². The van der Waals surface area contributed by atoms with Gasteiger partial charge in [-0.05, 0) is 66.2 Å². The Bertz CT molecular complexity index is 1210. The Hall–Kier alpha value is -3.55. The summed E-state index contributed by atoms with van der Waals surface area (Å²) >= 11 is 6.08. The van der Waals surface area contributed by atoms with Crippen LogP contribution in [0.1, 0.15) is 11.6 Å². The van der Waals surface area contributed by atoms with Crippen LogP contribution in [-0.2, 0) is 14.4 Å². The van der Waals surface area contributed by atoms with Gasteiger partial charge in [0.2, 0.25) is 5.91 Å². The summed E-state index contributed by atoms with van der Waals surface area (Å²) in [5.41, 5.74) is 3.13. The second-order valence-electron chi connectivity index (χ2n) is 8.49. The van der Waals surface area contributed by atoms with E-state index in [4.69, 9.17) is 21.2 Å². The molecule has 0 aliphatic carbocycles. The highest BCUT2D eigenvalue weighted by Gasteiger charge is 2.60. The SMILES string of the molecule is COc1ccc(N2C(=O)[C@H]3[C@H](ON(c4ccc(Cl)cc4)[C@H]3c3ccc(N(C)C)cc3)C2=O)cc1. The first-order valence-electron chi connectivity index (χ1n) is 10.9.